The predicted octanol–water partition coefficient (Wildman–Crippen LogP) is 5.54. The van der Waals surface area contributed by atoms with Crippen molar-refractivity contribution in [2.75, 3.05) is 11.4 Å². The lowest BCUT2D eigenvalue weighted by Gasteiger charge is -2.35. The van der Waals surface area contributed by atoms with Gasteiger partial charge in [-0.15, -0.1) is 0 Å². The fourth-order valence-electron chi connectivity index (χ4n) is 5.18. The number of para-hydroxylation sites is 1. The van der Waals surface area contributed by atoms with Gasteiger partial charge in [-0.3, -0.25) is 14.7 Å². The molecule has 0 radical (unpaired) electrons. The number of ketones is 1. The molecule has 1 aliphatic heterocycles. The highest BCUT2D eigenvalue weighted by molar-refractivity contribution is 6.34. The van der Waals surface area contributed by atoms with Gasteiger partial charge in [0.15, 0.2) is 5.78 Å². The molecular formula is C24H23ClFN3O2. The van der Waals surface area contributed by atoms with Crippen LogP contribution in [0.2, 0.25) is 5.02 Å². The van der Waals surface area contributed by atoms with Gasteiger partial charge in [0.25, 0.3) is 0 Å². The highest BCUT2D eigenvalue weighted by Crippen LogP contribution is 2.49. The lowest BCUT2D eigenvalue weighted by atomic mass is 9.68. The van der Waals surface area contributed by atoms with Gasteiger partial charge < -0.3 is 4.90 Å². The average molecular weight is 440 g/mol. The quantitative estimate of drug-likeness (QED) is 0.542. The van der Waals surface area contributed by atoms with E-state index in [4.69, 9.17) is 11.6 Å². The molecule has 5 rings (SSSR count). The van der Waals surface area contributed by atoms with Crippen molar-refractivity contribution in [3.05, 3.63) is 59.0 Å². The summed E-state index contributed by atoms with van der Waals surface area (Å²) in [5.41, 5.74) is 1.55. The Hall–Kier alpha value is -2.73. The topological polar surface area (TPSA) is 66.1 Å². The van der Waals surface area contributed by atoms with Crippen molar-refractivity contribution in [1.82, 2.24) is 10.2 Å². The number of nitrogens with zero attached hydrogens (tertiary/aromatic N) is 2. The Morgan fingerprint density at radius 2 is 1.97 bits per heavy atom. The molecule has 2 fully saturated rings. The minimum Gasteiger partial charge on any atom is -0.310 e. The normalized spacial score (nSPS) is 23.7. The minimum absolute atomic E-state index is 0.0517. The molecule has 5 nitrogen and oxygen atoms in total. The van der Waals surface area contributed by atoms with Gasteiger partial charge in [0.05, 0.1) is 21.6 Å². The second-order valence-electron chi connectivity index (χ2n) is 8.77. The van der Waals surface area contributed by atoms with Gasteiger partial charge in [0.2, 0.25) is 5.91 Å². The number of amides is 1. The lowest BCUT2D eigenvalue weighted by molar-refractivity contribution is -0.127. The Morgan fingerprint density at radius 3 is 2.74 bits per heavy atom. The molecule has 7 heteroatoms. The van der Waals surface area contributed by atoms with Crippen LogP contribution in [0, 0.1) is 17.2 Å². The first kappa shape index (κ1) is 20.2. The van der Waals surface area contributed by atoms with Crippen LogP contribution in [0.5, 0.6) is 0 Å². The van der Waals surface area contributed by atoms with Gasteiger partial charge >= 0.3 is 0 Å². The second kappa shape index (κ2) is 7.75. The van der Waals surface area contributed by atoms with Crippen molar-refractivity contribution in [1.29, 1.82) is 0 Å². The number of aromatic amines is 1. The number of nitrogens with one attached hydrogen (secondary N) is 1. The zero-order valence-corrected chi connectivity index (χ0v) is 17.8. The number of Topliss-reactive ketones (excluding diaryl/α,β-unsaturated/α-hetero) is 1. The van der Waals surface area contributed by atoms with Crippen molar-refractivity contribution in [3.63, 3.8) is 0 Å². The molecule has 1 saturated carbocycles. The summed E-state index contributed by atoms with van der Waals surface area (Å²) in [4.78, 5) is 27.8. The fourth-order valence-corrected chi connectivity index (χ4v) is 5.45. The molecular weight excluding hydrogens is 417 g/mol. The maximum Gasteiger partial charge on any atom is 0.233 e. The third-order valence-corrected chi connectivity index (χ3v) is 7.29. The molecule has 1 aliphatic carbocycles. The van der Waals surface area contributed by atoms with E-state index in [0.29, 0.717) is 24.3 Å². The van der Waals surface area contributed by atoms with E-state index in [1.165, 1.54) is 12.1 Å². The zero-order chi connectivity index (χ0) is 21.6. The number of rotatable bonds is 4. The van der Waals surface area contributed by atoms with Gasteiger partial charge in [-0.2, -0.15) is 5.10 Å². The summed E-state index contributed by atoms with van der Waals surface area (Å²) in [5, 5.41) is 8.27. The monoisotopic (exact) mass is 439 g/mol. The van der Waals surface area contributed by atoms with E-state index in [0.717, 1.165) is 43.0 Å². The van der Waals surface area contributed by atoms with Crippen molar-refractivity contribution in [2.45, 2.75) is 38.5 Å². The molecule has 0 unspecified atom stereocenters. The maximum atomic E-state index is 13.4. The van der Waals surface area contributed by atoms with Crippen LogP contribution in [-0.4, -0.2) is 28.4 Å². The first-order chi connectivity index (χ1) is 15.0. The van der Waals surface area contributed by atoms with Crippen LogP contribution in [0.4, 0.5) is 10.1 Å². The molecule has 0 bridgehead atoms. The molecule has 2 heterocycles. The van der Waals surface area contributed by atoms with Crippen LogP contribution in [0.15, 0.2) is 42.5 Å². The van der Waals surface area contributed by atoms with E-state index < -0.39 is 11.2 Å². The van der Waals surface area contributed by atoms with Crippen LogP contribution in [0.3, 0.4) is 0 Å². The van der Waals surface area contributed by atoms with E-state index in [1.807, 2.05) is 24.3 Å². The SMILES string of the molecule is O=C(CC1CCC2(CC1)CCN(c1ccc(F)cc1Cl)C2=O)c1n[nH]c2ccccc12. The number of benzene rings is 2. The van der Waals surface area contributed by atoms with Crippen molar-refractivity contribution in [3.8, 4) is 0 Å². The van der Waals surface area contributed by atoms with Gasteiger partial charge in [-0.25, -0.2) is 4.39 Å². The van der Waals surface area contributed by atoms with Crippen molar-refractivity contribution < 1.29 is 14.0 Å². The smallest absolute Gasteiger partial charge is 0.233 e. The Morgan fingerprint density at radius 1 is 1.19 bits per heavy atom. The molecule has 160 valence electrons. The Bertz CT molecular complexity index is 1170. The summed E-state index contributed by atoms with van der Waals surface area (Å²) < 4.78 is 13.4. The summed E-state index contributed by atoms with van der Waals surface area (Å²) in [6.45, 7) is 0.590. The van der Waals surface area contributed by atoms with Gasteiger partial charge in [0, 0.05) is 18.4 Å². The van der Waals surface area contributed by atoms with E-state index in [-0.39, 0.29) is 22.6 Å². The number of carbonyl (C=O) groups excluding carboxylic acids is 2. The standard InChI is InChI=1S/C24H23ClFN3O2/c25-18-14-16(26)5-6-20(18)29-12-11-24(23(29)31)9-7-15(8-10-24)13-21(30)22-17-3-1-2-4-19(17)27-28-22/h1-6,14-15H,7-13H2,(H,27,28). The molecule has 31 heavy (non-hydrogen) atoms. The number of hydrogen-bond acceptors (Lipinski definition) is 3. The summed E-state index contributed by atoms with van der Waals surface area (Å²) >= 11 is 6.19. The zero-order valence-electron chi connectivity index (χ0n) is 17.0. The Balaban J connectivity index is 1.25. The van der Waals surface area contributed by atoms with Crippen LogP contribution in [0.1, 0.15) is 49.0 Å². The first-order valence-electron chi connectivity index (χ1n) is 10.7. The molecule has 2 aromatic carbocycles. The van der Waals surface area contributed by atoms with Gasteiger partial charge in [0.1, 0.15) is 11.5 Å². The molecule has 1 saturated heterocycles. The average Bonchev–Trinajstić information content (AvgIpc) is 3.33. The highest BCUT2D eigenvalue weighted by atomic mass is 35.5. The van der Waals surface area contributed by atoms with Crippen LogP contribution >= 0.6 is 11.6 Å². The Kier molecular flexibility index (Phi) is 5.05. The summed E-state index contributed by atoms with van der Waals surface area (Å²) in [6.07, 6.45) is 4.42. The molecule has 1 aromatic heterocycles. The molecule has 2 aliphatic rings. The van der Waals surface area contributed by atoms with Crippen LogP contribution in [-0.2, 0) is 4.79 Å². The highest BCUT2D eigenvalue weighted by Gasteiger charge is 2.49. The van der Waals surface area contributed by atoms with Crippen molar-refractivity contribution in [2.24, 2.45) is 11.3 Å². The number of aromatic nitrogens is 2. The third-order valence-electron chi connectivity index (χ3n) is 6.98. The molecule has 3 aromatic rings. The molecule has 1 spiro atoms. The summed E-state index contributed by atoms with van der Waals surface area (Å²) in [7, 11) is 0. The lowest BCUT2D eigenvalue weighted by Crippen LogP contribution is -2.38. The Labute approximate surface area is 184 Å². The summed E-state index contributed by atoms with van der Waals surface area (Å²) in [6, 6.07) is 11.8. The maximum absolute atomic E-state index is 13.4. The van der Waals surface area contributed by atoms with Crippen molar-refractivity contribution >= 4 is 39.9 Å². The number of carbonyl (C=O) groups is 2. The van der Waals surface area contributed by atoms with E-state index in [9.17, 15) is 14.0 Å². The number of anilines is 1. The van der Waals surface area contributed by atoms with E-state index in [1.54, 1.807) is 11.0 Å². The largest absolute Gasteiger partial charge is 0.310 e. The summed E-state index contributed by atoms with van der Waals surface area (Å²) in [5.74, 6) is -0.0326. The van der Waals surface area contributed by atoms with Gasteiger partial charge in [-0.05, 0) is 62.3 Å². The van der Waals surface area contributed by atoms with E-state index >= 15 is 0 Å². The predicted molar refractivity (Wildman–Crippen MR) is 118 cm³/mol. The van der Waals surface area contributed by atoms with E-state index in [2.05, 4.69) is 10.2 Å². The minimum atomic E-state index is -0.412. The molecule has 1 N–H and O–H groups in total. The van der Waals surface area contributed by atoms with Gasteiger partial charge in [-0.1, -0.05) is 29.8 Å². The molecule has 1 amide bonds. The van der Waals surface area contributed by atoms with Crippen LogP contribution < -0.4 is 4.90 Å². The number of halogens is 2. The second-order valence-corrected chi connectivity index (χ2v) is 9.18. The third kappa shape index (κ3) is 3.53. The first-order valence-corrected chi connectivity index (χ1v) is 11.1. The molecule has 0 atom stereocenters. The number of hydrogen-bond donors (Lipinski definition) is 1. The number of fused-ring (bicyclic) bond motifs is 1. The fraction of sp³-hybridized carbons (Fsp3) is 0.375. The van der Waals surface area contributed by atoms with Crippen LogP contribution in [0.25, 0.3) is 10.9 Å². The number of H-pyrrole nitrogens is 1.